The maximum absolute atomic E-state index is 13.9. The number of rotatable bonds is 11. The second kappa shape index (κ2) is 12.8. The van der Waals surface area contributed by atoms with Gasteiger partial charge in [-0.2, -0.15) is 0 Å². The van der Waals surface area contributed by atoms with E-state index in [-0.39, 0.29) is 28.0 Å². The van der Waals surface area contributed by atoms with Crippen molar-refractivity contribution in [2.24, 2.45) is 10.9 Å². The molecule has 1 unspecified atom stereocenters. The SMILES string of the molecule is C=CCOC(=O)C1=C(C)N=c2s/c(=C\c3ccccc3[N+](=O)[O-])c(=O)n2C1c1ccc(OCCC(C)C)c(OC)c1. The zero-order chi connectivity index (χ0) is 29.7. The smallest absolute Gasteiger partial charge is 0.338 e. The largest absolute Gasteiger partial charge is 0.493 e. The summed E-state index contributed by atoms with van der Waals surface area (Å²) in [5.74, 6) is 0.815. The summed E-state index contributed by atoms with van der Waals surface area (Å²) in [4.78, 5) is 43.1. The van der Waals surface area contributed by atoms with Gasteiger partial charge in [-0.15, -0.1) is 0 Å². The van der Waals surface area contributed by atoms with Crippen molar-refractivity contribution < 1.29 is 23.9 Å². The predicted octanol–water partition coefficient (Wildman–Crippen LogP) is 4.31. The van der Waals surface area contributed by atoms with Crippen molar-refractivity contribution in [1.82, 2.24) is 4.57 Å². The van der Waals surface area contributed by atoms with Crippen molar-refractivity contribution in [3.8, 4) is 11.5 Å². The van der Waals surface area contributed by atoms with E-state index in [2.05, 4.69) is 25.4 Å². The summed E-state index contributed by atoms with van der Waals surface area (Å²) < 4.78 is 18.6. The second-order valence-corrected chi connectivity index (χ2v) is 10.7. The van der Waals surface area contributed by atoms with Gasteiger partial charge >= 0.3 is 5.97 Å². The number of allylic oxidation sites excluding steroid dienone is 1. The molecular weight excluding hydrogens is 546 g/mol. The van der Waals surface area contributed by atoms with Crippen LogP contribution in [0.25, 0.3) is 6.08 Å². The number of ether oxygens (including phenoxy) is 3. The molecule has 3 aromatic rings. The number of carbonyl (C=O) groups excluding carboxylic acids is 1. The lowest BCUT2D eigenvalue weighted by Crippen LogP contribution is -2.40. The zero-order valence-electron chi connectivity index (χ0n) is 23.3. The third kappa shape index (κ3) is 6.30. The highest BCUT2D eigenvalue weighted by Gasteiger charge is 2.34. The Hall–Kier alpha value is -4.51. The lowest BCUT2D eigenvalue weighted by atomic mass is 9.95. The molecule has 0 amide bonds. The molecule has 2 heterocycles. The van der Waals surface area contributed by atoms with Gasteiger partial charge in [0, 0.05) is 6.07 Å². The Balaban J connectivity index is 1.90. The zero-order valence-corrected chi connectivity index (χ0v) is 24.1. The minimum absolute atomic E-state index is 0.0175. The molecule has 0 fully saturated rings. The number of nitro benzene ring substituents is 1. The Morgan fingerprint density at radius 3 is 2.68 bits per heavy atom. The van der Waals surface area contributed by atoms with Crippen molar-refractivity contribution in [3.05, 3.63) is 107 Å². The quantitative estimate of drug-likeness (QED) is 0.144. The standard InChI is InChI=1S/C30H31N3O7S/c1-6-14-40-29(35)26-19(4)31-30-32(28(34)25(41-30)17-20-9-7-8-10-22(20)33(36)37)27(26)21-11-12-23(24(16-21)38-5)39-15-13-18(2)3/h6-12,16-18,27H,1,13-15H2,2-5H3/b25-17-. The number of hydrogen-bond acceptors (Lipinski definition) is 9. The van der Waals surface area contributed by atoms with E-state index in [9.17, 15) is 19.7 Å². The summed E-state index contributed by atoms with van der Waals surface area (Å²) in [5, 5.41) is 11.6. The van der Waals surface area contributed by atoms with Gasteiger partial charge in [-0.05, 0) is 49.1 Å². The van der Waals surface area contributed by atoms with E-state index in [1.165, 1.54) is 29.9 Å². The molecule has 0 spiro atoms. The molecule has 1 aliphatic rings. The number of para-hydroxylation sites is 1. The van der Waals surface area contributed by atoms with Crippen LogP contribution in [0.15, 0.2) is 76.2 Å². The minimum Gasteiger partial charge on any atom is -0.493 e. The maximum atomic E-state index is 13.9. The van der Waals surface area contributed by atoms with E-state index < -0.39 is 22.5 Å². The van der Waals surface area contributed by atoms with Gasteiger partial charge in [-0.3, -0.25) is 19.5 Å². The minimum atomic E-state index is -0.893. The molecule has 0 saturated heterocycles. The Morgan fingerprint density at radius 1 is 1.24 bits per heavy atom. The topological polar surface area (TPSA) is 122 Å². The molecule has 1 aromatic heterocycles. The number of aromatic nitrogens is 1. The molecule has 0 radical (unpaired) electrons. The Labute approximate surface area is 240 Å². The molecule has 0 aliphatic carbocycles. The van der Waals surface area contributed by atoms with Crippen LogP contribution >= 0.6 is 11.3 Å². The van der Waals surface area contributed by atoms with E-state index in [0.717, 1.165) is 17.8 Å². The molecule has 4 rings (SSSR count). The van der Waals surface area contributed by atoms with Gasteiger partial charge in [0.25, 0.3) is 11.2 Å². The molecule has 0 bridgehead atoms. The number of thiazole rings is 1. The highest BCUT2D eigenvalue weighted by Crippen LogP contribution is 2.36. The summed E-state index contributed by atoms with van der Waals surface area (Å²) >= 11 is 1.09. The van der Waals surface area contributed by atoms with E-state index >= 15 is 0 Å². The van der Waals surface area contributed by atoms with Crippen LogP contribution in [0.3, 0.4) is 0 Å². The fourth-order valence-corrected chi connectivity index (χ4v) is 5.44. The van der Waals surface area contributed by atoms with E-state index in [1.54, 1.807) is 43.3 Å². The first-order valence-electron chi connectivity index (χ1n) is 13.0. The number of esters is 1. The van der Waals surface area contributed by atoms with Gasteiger partial charge in [0.1, 0.15) is 6.61 Å². The van der Waals surface area contributed by atoms with Gasteiger partial charge in [0.2, 0.25) is 0 Å². The third-order valence-electron chi connectivity index (χ3n) is 6.45. The van der Waals surface area contributed by atoms with E-state index in [4.69, 9.17) is 14.2 Å². The first kappa shape index (κ1) is 29.5. The van der Waals surface area contributed by atoms with Crippen LogP contribution in [0, 0.1) is 16.0 Å². The second-order valence-electron chi connectivity index (χ2n) is 9.73. The van der Waals surface area contributed by atoms with Gasteiger partial charge in [-0.25, -0.2) is 9.79 Å². The normalized spacial score (nSPS) is 14.9. The molecule has 0 saturated carbocycles. The number of hydrogen-bond donors (Lipinski definition) is 0. The van der Waals surface area contributed by atoms with Crippen molar-refractivity contribution in [2.45, 2.75) is 33.2 Å². The van der Waals surface area contributed by atoms with Crippen LogP contribution in [0.4, 0.5) is 5.69 Å². The molecule has 214 valence electrons. The van der Waals surface area contributed by atoms with Crippen molar-refractivity contribution >= 4 is 29.1 Å². The monoisotopic (exact) mass is 577 g/mol. The molecular formula is C30H31N3O7S. The number of methoxy groups -OCH3 is 1. The van der Waals surface area contributed by atoms with Crippen LogP contribution in [-0.2, 0) is 9.53 Å². The molecule has 2 aromatic carbocycles. The van der Waals surface area contributed by atoms with Crippen LogP contribution in [0.5, 0.6) is 11.5 Å². The highest BCUT2D eigenvalue weighted by atomic mass is 32.1. The van der Waals surface area contributed by atoms with Crippen LogP contribution in [-0.4, -0.2) is 35.8 Å². The lowest BCUT2D eigenvalue weighted by Gasteiger charge is -2.25. The molecule has 11 heteroatoms. The van der Waals surface area contributed by atoms with E-state index in [1.807, 2.05) is 0 Å². The van der Waals surface area contributed by atoms with Crippen molar-refractivity contribution in [2.75, 3.05) is 20.3 Å². The molecule has 0 N–H and O–H groups in total. The number of carbonyl (C=O) groups is 1. The molecule has 10 nitrogen and oxygen atoms in total. The predicted molar refractivity (Wildman–Crippen MR) is 156 cm³/mol. The lowest BCUT2D eigenvalue weighted by molar-refractivity contribution is -0.385. The molecule has 41 heavy (non-hydrogen) atoms. The number of benzene rings is 2. The summed E-state index contributed by atoms with van der Waals surface area (Å²) in [6.45, 7) is 9.99. The van der Waals surface area contributed by atoms with E-state index in [0.29, 0.717) is 40.1 Å². The average Bonchev–Trinajstić information content (AvgIpc) is 3.25. The fourth-order valence-electron chi connectivity index (χ4n) is 4.41. The molecule has 1 atom stereocenters. The van der Waals surface area contributed by atoms with Gasteiger partial charge < -0.3 is 14.2 Å². The first-order chi connectivity index (χ1) is 19.7. The average molecular weight is 578 g/mol. The fraction of sp³-hybridized carbons (Fsp3) is 0.300. The summed E-state index contributed by atoms with van der Waals surface area (Å²) in [6, 6.07) is 10.5. The Kier molecular flexibility index (Phi) is 9.18. The highest BCUT2D eigenvalue weighted by molar-refractivity contribution is 7.07. The van der Waals surface area contributed by atoms with Crippen LogP contribution in [0.1, 0.15) is 44.4 Å². The summed E-state index contributed by atoms with van der Waals surface area (Å²) in [6.07, 6.45) is 3.79. The summed E-state index contributed by atoms with van der Waals surface area (Å²) in [7, 11) is 1.52. The van der Waals surface area contributed by atoms with Gasteiger partial charge in [0.05, 0.1) is 46.0 Å². The van der Waals surface area contributed by atoms with Gasteiger partial charge in [-0.1, -0.05) is 56.0 Å². The third-order valence-corrected chi connectivity index (χ3v) is 7.43. The van der Waals surface area contributed by atoms with Crippen LogP contribution in [0.2, 0.25) is 0 Å². The van der Waals surface area contributed by atoms with Crippen molar-refractivity contribution in [1.29, 1.82) is 0 Å². The number of nitrogens with zero attached hydrogens (tertiary/aromatic N) is 3. The van der Waals surface area contributed by atoms with Crippen molar-refractivity contribution in [3.63, 3.8) is 0 Å². The maximum Gasteiger partial charge on any atom is 0.338 e. The Bertz CT molecular complexity index is 1700. The first-order valence-corrected chi connectivity index (χ1v) is 13.8. The number of fused-ring (bicyclic) bond motifs is 1. The van der Waals surface area contributed by atoms with Gasteiger partial charge in [0.15, 0.2) is 16.3 Å². The van der Waals surface area contributed by atoms with Crippen LogP contribution < -0.4 is 24.4 Å². The molecule has 1 aliphatic heterocycles. The number of nitro groups is 1. The Morgan fingerprint density at radius 2 is 2.00 bits per heavy atom. The summed E-state index contributed by atoms with van der Waals surface area (Å²) in [5.41, 5.74) is 0.861.